The van der Waals surface area contributed by atoms with Gasteiger partial charge in [-0.05, 0) is 296 Å². The Kier molecular flexibility index (Phi) is 36.3. The number of hydrogen-bond acceptors (Lipinski definition) is 14. The zero-order valence-corrected chi connectivity index (χ0v) is 75.0. The Morgan fingerprint density at radius 2 is 0.547 bits per heavy atom. The van der Waals surface area contributed by atoms with Gasteiger partial charge in [-0.1, -0.05) is 167 Å². The Morgan fingerprint density at radius 1 is 0.239 bits per heavy atom. The first-order valence-corrected chi connectivity index (χ1v) is 45.8. The van der Waals surface area contributed by atoms with Gasteiger partial charge in [0, 0.05) is 177 Å². The van der Waals surface area contributed by atoms with Gasteiger partial charge in [0.25, 0.3) is 0 Å². The molecule has 7 aromatic carbocycles. The number of fused-ring (bicyclic) bond motifs is 1. The summed E-state index contributed by atoms with van der Waals surface area (Å²) in [4.78, 5) is 38.3. The van der Waals surface area contributed by atoms with Crippen molar-refractivity contribution in [1.82, 2.24) is 39.4 Å². The van der Waals surface area contributed by atoms with Crippen LogP contribution in [0.2, 0.25) is 0 Å². The molecular weight excluding hydrogens is 1430 g/mol. The molecule has 0 N–H and O–H groups in total. The fraction of sp³-hybridized carbons (Fsp3) is 0.553. The van der Waals surface area contributed by atoms with Gasteiger partial charge in [-0.2, -0.15) is 0 Å². The van der Waals surface area contributed by atoms with Gasteiger partial charge in [0.2, 0.25) is 5.95 Å². The van der Waals surface area contributed by atoms with Crippen molar-refractivity contribution in [1.29, 1.82) is 0 Å². The molecule has 9 aliphatic heterocycles. The Hall–Kier alpha value is -7.82. The molecule has 634 valence electrons. The van der Waals surface area contributed by atoms with Crippen molar-refractivity contribution < 1.29 is 0 Å². The second kappa shape index (κ2) is 47.2. The Morgan fingerprint density at radius 3 is 0.940 bits per heavy atom. The molecule has 0 spiro atoms. The predicted molar refractivity (Wildman–Crippen MR) is 503 cm³/mol. The highest BCUT2D eigenvalue weighted by Crippen LogP contribution is 2.35. The molecule has 2 atom stereocenters. The number of rotatable bonds is 9. The normalized spacial score (nSPS) is 20.8. The van der Waals surface area contributed by atoms with Crippen molar-refractivity contribution >= 4 is 34.4 Å². The number of piperazine rings is 4. The van der Waals surface area contributed by atoms with Crippen LogP contribution in [0.5, 0.6) is 0 Å². The van der Waals surface area contributed by atoms with Gasteiger partial charge in [-0.15, -0.1) is 0 Å². The van der Waals surface area contributed by atoms with E-state index < -0.39 is 0 Å². The third-order valence-corrected chi connectivity index (χ3v) is 26.2. The molecule has 1 aromatic heterocycles. The summed E-state index contributed by atoms with van der Waals surface area (Å²) in [6.45, 7) is 46.8. The summed E-state index contributed by atoms with van der Waals surface area (Å²) < 4.78 is 0. The van der Waals surface area contributed by atoms with Crippen LogP contribution in [0.3, 0.4) is 0 Å². The molecule has 8 aromatic rings. The summed E-state index contributed by atoms with van der Waals surface area (Å²) >= 11 is 0. The van der Waals surface area contributed by atoms with Gasteiger partial charge < -0.3 is 53.9 Å². The van der Waals surface area contributed by atoms with Gasteiger partial charge in [0.15, 0.2) is 0 Å². The van der Waals surface area contributed by atoms with Crippen LogP contribution >= 0.6 is 0 Å². The smallest absolute Gasteiger partial charge is 0.225 e. The van der Waals surface area contributed by atoms with Gasteiger partial charge in [0.1, 0.15) is 0 Å². The lowest BCUT2D eigenvalue weighted by Gasteiger charge is -2.45. The molecule has 117 heavy (non-hydrogen) atoms. The highest BCUT2D eigenvalue weighted by molar-refractivity contribution is 5.52. The predicted octanol–water partition coefficient (Wildman–Crippen LogP) is 19.6. The average molecular weight is 1590 g/mol. The lowest BCUT2D eigenvalue weighted by molar-refractivity contribution is 0.133. The molecule has 2 unspecified atom stereocenters. The van der Waals surface area contributed by atoms with Crippen LogP contribution in [-0.4, -0.2) is 236 Å². The third kappa shape index (κ3) is 30.1. The lowest BCUT2D eigenvalue weighted by atomic mass is 9.89. The van der Waals surface area contributed by atoms with Crippen molar-refractivity contribution in [2.45, 2.75) is 195 Å². The molecule has 9 saturated heterocycles. The van der Waals surface area contributed by atoms with E-state index >= 15 is 0 Å². The molecule has 0 radical (unpaired) electrons. The van der Waals surface area contributed by atoms with E-state index in [1.807, 2.05) is 19.3 Å². The van der Waals surface area contributed by atoms with E-state index in [0.717, 1.165) is 94.3 Å². The third-order valence-electron chi connectivity index (χ3n) is 26.2. The first-order valence-electron chi connectivity index (χ1n) is 45.8. The Labute approximate surface area is 710 Å². The maximum Gasteiger partial charge on any atom is 0.225 e. The van der Waals surface area contributed by atoms with E-state index in [4.69, 9.17) is 0 Å². The monoisotopic (exact) mass is 1590 g/mol. The summed E-state index contributed by atoms with van der Waals surface area (Å²) in [7, 11) is 8.75. The number of anilines is 6. The number of piperidine rings is 4. The van der Waals surface area contributed by atoms with Crippen LogP contribution in [0.1, 0.15) is 177 Å². The van der Waals surface area contributed by atoms with Crippen LogP contribution in [0.15, 0.2) is 182 Å². The molecule has 18 rings (SSSR count). The number of benzene rings is 7. The summed E-state index contributed by atoms with van der Waals surface area (Å²) in [5, 5.41) is 0. The number of aromatic nitrogens is 2. The van der Waals surface area contributed by atoms with Crippen LogP contribution in [0, 0.1) is 55.4 Å². The molecule has 10 heterocycles. The van der Waals surface area contributed by atoms with Crippen LogP contribution in [-0.2, 0) is 0 Å². The Balaban J connectivity index is 0.000000131. The molecule has 0 bridgehead atoms. The van der Waals surface area contributed by atoms with E-state index in [0.29, 0.717) is 6.04 Å². The minimum Gasteiger partial charge on any atom is -0.372 e. The van der Waals surface area contributed by atoms with E-state index in [-0.39, 0.29) is 0 Å². The fourth-order valence-corrected chi connectivity index (χ4v) is 17.6. The molecule has 14 nitrogen and oxygen atoms in total. The molecule has 1 aliphatic carbocycles. The van der Waals surface area contributed by atoms with Crippen LogP contribution < -0.4 is 29.4 Å². The Bertz CT molecular complexity index is 3840. The SMILES string of the molecule is Cc1ccc(C2CCN(C)CC2)cc1.Cc1ccc(C2CCN(C3CC3)CC2)cc1.Cc1ccc(N2CCCCC2)cc1.Cc1ccc(N2CCCCCC2)cc1.Cc1ccc(N2CCN(C)C(C)C2)cc1.Cc1ccc(N2CCN(C)CC2)cc1.Cc1ccc(N2CCN3CCCCC3C2)cc1.Cc1cnc(N2CCN(C)CC2)nc1. The van der Waals surface area contributed by atoms with E-state index in [1.54, 1.807) is 5.56 Å². The van der Waals surface area contributed by atoms with Gasteiger partial charge in [0.05, 0.1) is 0 Å². The van der Waals surface area contributed by atoms with E-state index in [1.165, 1.54) is 267 Å². The molecule has 10 aliphatic rings. The number of likely N-dealkylation sites (tertiary alicyclic amines) is 2. The minimum atomic E-state index is 0.653. The van der Waals surface area contributed by atoms with Gasteiger partial charge >= 0.3 is 0 Å². The summed E-state index contributed by atoms with van der Waals surface area (Å²) in [5.41, 5.74) is 20.6. The van der Waals surface area contributed by atoms with Crippen molar-refractivity contribution in [3.05, 3.63) is 238 Å². The van der Waals surface area contributed by atoms with Crippen LogP contribution in [0.25, 0.3) is 0 Å². The van der Waals surface area contributed by atoms with Crippen molar-refractivity contribution in [3.8, 4) is 0 Å². The lowest BCUT2D eigenvalue weighted by Crippen LogP contribution is -2.54. The largest absolute Gasteiger partial charge is 0.372 e. The van der Waals surface area contributed by atoms with Crippen molar-refractivity contribution in [2.24, 2.45) is 0 Å². The van der Waals surface area contributed by atoms with Crippen LogP contribution in [0.4, 0.5) is 34.4 Å². The maximum atomic E-state index is 4.32. The number of likely N-dealkylation sites (N-methyl/N-ethyl adjacent to an activating group) is 3. The molecule has 14 heteroatoms. The molecule has 1 saturated carbocycles. The zero-order valence-electron chi connectivity index (χ0n) is 75.0. The number of hydrogen-bond donors (Lipinski definition) is 0. The zero-order chi connectivity index (χ0) is 82.3. The number of aryl methyl sites for hydroxylation is 8. The van der Waals surface area contributed by atoms with Crippen molar-refractivity contribution in [2.75, 3.05) is 208 Å². The topological polar surface area (TPSA) is 64.7 Å². The van der Waals surface area contributed by atoms with Crippen molar-refractivity contribution in [3.63, 3.8) is 0 Å². The summed E-state index contributed by atoms with van der Waals surface area (Å²) in [6.07, 6.45) is 25.9. The second-order valence-corrected chi connectivity index (χ2v) is 36.1. The standard InChI is InChI=1S/C15H22N2.C15H21N.C13H20N2.2C13H19N.C12H18N2.C12H17N.C10H16N4/c1-13-5-7-14(8-6-13)17-11-10-16-9-3-2-4-15(16)12-17;1-12-2-4-13(5-3-12)14-8-10-16(11-9-14)15-6-7-15;1-11-4-6-13(7-5-11)15-9-8-14(3)12(2)10-15;1-11-3-5-12(6-4-11)13-7-9-14(2)10-8-13;1-12-6-8-13(9-7-12)14-10-4-2-3-5-11-14;1-11-3-5-12(6-4-11)14-9-7-13(2)8-10-14;1-11-5-7-12(8-6-11)13-9-3-2-4-10-13;1-9-7-11-10(12-8-9)14-5-3-13(2)4-6-14/h5-8,15H,2-4,9-12H2,1H3;2-5,14-15H,6-11H2,1H3;4-7,12H,8-10H2,1-3H3;3-6,13H,7-10H2,1-2H3;6-9H,2-5,10-11H2,1H3;3-6H,7-10H2,1-2H3;5-8H,2-4,9-10H2,1H3;7-8H,3-6H2,1-2H3. The highest BCUT2D eigenvalue weighted by atomic mass is 15.3. The van der Waals surface area contributed by atoms with E-state index in [2.05, 4.69) is 322 Å². The minimum absolute atomic E-state index is 0.653. The molecule has 10 fully saturated rings. The quantitative estimate of drug-likeness (QED) is 0.138. The first kappa shape index (κ1) is 90.0. The highest BCUT2D eigenvalue weighted by Gasteiger charge is 2.33. The van der Waals surface area contributed by atoms with Gasteiger partial charge in [-0.3, -0.25) is 4.90 Å². The summed E-state index contributed by atoms with van der Waals surface area (Å²) in [5.74, 6) is 2.48. The average Bonchev–Trinajstić information content (AvgIpc) is 1.82. The molecule has 0 amide bonds. The second-order valence-electron chi connectivity index (χ2n) is 36.1. The number of nitrogens with zero attached hydrogens (tertiary/aromatic N) is 14. The molecular formula is C103H152N14. The maximum absolute atomic E-state index is 4.32. The fourth-order valence-electron chi connectivity index (χ4n) is 17.6. The first-order chi connectivity index (χ1) is 56.8. The van der Waals surface area contributed by atoms with Gasteiger partial charge in [-0.25, -0.2) is 9.97 Å². The van der Waals surface area contributed by atoms with E-state index in [9.17, 15) is 0 Å². The summed E-state index contributed by atoms with van der Waals surface area (Å²) in [6, 6.07) is 65.1.